The molecule has 0 saturated heterocycles. The molecule has 0 amide bonds. The van der Waals surface area contributed by atoms with Crippen molar-refractivity contribution in [3.8, 4) is 5.75 Å². The van der Waals surface area contributed by atoms with Crippen molar-refractivity contribution in [1.82, 2.24) is 4.72 Å². The van der Waals surface area contributed by atoms with Crippen molar-refractivity contribution < 1.29 is 13.5 Å². The summed E-state index contributed by atoms with van der Waals surface area (Å²) in [5.74, 6) is 1.50. The van der Waals surface area contributed by atoms with Crippen LogP contribution in [0, 0.1) is 0 Å². The number of allylic oxidation sites excluding steroid dienone is 1. The summed E-state index contributed by atoms with van der Waals surface area (Å²) in [4.78, 5) is 0. The average Bonchev–Trinajstić information content (AvgIpc) is 2.26. The molecule has 0 spiro atoms. The van der Waals surface area contributed by atoms with Crippen molar-refractivity contribution in [1.29, 1.82) is 0 Å². The molecular weight excluding hydrogens is 214 g/mol. The van der Waals surface area contributed by atoms with Crippen molar-refractivity contribution in [2.75, 3.05) is 6.54 Å². The first-order chi connectivity index (χ1) is 7.25. The molecule has 1 aliphatic rings. The lowest BCUT2D eigenvalue weighted by molar-refractivity contribution is 0.396. The maximum absolute atomic E-state index is 10.4. The van der Waals surface area contributed by atoms with Crippen LogP contribution in [-0.4, -0.2) is 15.3 Å². The lowest BCUT2D eigenvalue weighted by Gasteiger charge is -2.17. The zero-order valence-electron chi connectivity index (χ0n) is 7.97. The van der Waals surface area contributed by atoms with E-state index in [1.54, 1.807) is 0 Å². The van der Waals surface area contributed by atoms with Gasteiger partial charge in [0.1, 0.15) is 11.5 Å². The van der Waals surface area contributed by atoms with E-state index in [1.807, 2.05) is 30.3 Å². The molecule has 4 nitrogen and oxygen atoms in total. The summed E-state index contributed by atoms with van der Waals surface area (Å²) in [5.41, 5.74) is 1.13. The van der Waals surface area contributed by atoms with Gasteiger partial charge < -0.3 is 4.74 Å². The number of benzene rings is 1. The molecule has 0 fully saturated rings. The normalized spacial score (nSPS) is 16.2. The van der Waals surface area contributed by atoms with Gasteiger partial charge in [0.15, 0.2) is 0 Å². The Labute approximate surface area is 90.4 Å². The monoisotopic (exact) mass is 225 g/mol. The van der Waals surface area contributed by atoms with Gasteiger partial charge in [-0.25, -0.2) is 8.93 Å². The Morgan fingerprint density at radius 3 is 3.07 bits per heavy atom. The number of hydrogen-bond acceptors (Lipinski definition) is 2. The molecule has 0 aliphatic carbocycles. The highest BCUT2D eigenvalue weighted by Crippen LogP contribution is 2.25. The molecule has 0 saturated carbocycles. The van der Waals surface area contributed by atoms with E-state index in [0.29, 0.717) is 5.76 Å². The Balaban J connectivity index is 2.03. The minimum absolute atomic E-state index is 0.261. The van der Waals surface area contributed by atoms with Gasteiger partial charge in [0.05, 0.1) is 6.54 Å². The number of ether oxygens (including phenoxy) is 1. The van der Waals surface area contributed by atoms with Crippen LogP contribution in [0.15, 0.2) is 36.1 Å². The Kier molecular flexibility index (Phi) is 3.15. The van der Waals surface area contributed by atoms with E-state index in [9.17, 15) is 4.21 Å². The second kappa shape index (κ2) is 4.57. The molecule has 5 heteroatoms. The molecule has 0 radical (unpaired) electrons. The maximum Gasteiger partial charge on any atom is 0.232 e. The predicted molar refractivity (Wildman–Crippen MR) is 57.6 cm³/mol. The fourth-order valence-corrected chi connectivity index (χ4v) is 1.69. The molecule has 1 atom stereocenters. The number of para-hydroxylation sites is 1. The first-order valence-corrected chi connectivity index (χ1v) is 5.65. The third-order valence-corrected chi connectivity index (χ3v) is 2.52. The van der Waals surface area contributed by atoms with E-state index < -0.39 is 11.3 Å². The smallest absolute Gasteiger partial charge is 0.232 e. The zero-order chi connectivity index (χ0) is 10.7. The fraction of sp³-hybridized carbons (Fsp3) is 0.200. The van der Waals surface area contributed by atoms with E-state index >= 15 is 0 Å². The van der Waals surface area contributed by atoms with Crippen molar-refractivity contribution >= 4 is 11.3 Å². The van der Waals surface area contributed by atoms with Crippen LogP contribution >= 0.6 is 0 Å². The third kappa shape index (κ3) is 2.65. The van der Waals surface area contributed by atoms with E-state index in [0.717, 1.165) is 17.7 Å². The highest BCUT2D eigenvalue weighted by atomic mass is 32.2. The highest BCUT2D eigenvalue weighted by Gasteiger charge is 2.11. The Bertz CT molecular complexity index is 417. The van der Waals surface area contributed by atoms with Gasteiger partial charge in [-0.15, -0.1) is 0 Å². The molecule has 1 aromatic carbocycles. The Morgan fingerprint density at radius 2 is 2.27 bits per heavy atom. The molecule has 15 heavy (non-hydrogen) atoms. The average molecular weight is 225 g/mol. The fourth-order valence-electron chi connectivity index (χ4n) is 1.42. The van der Waals surface area contributed by atoms with Crippen LogP contribution in [0.5, 0.6) is 5.75 Å². The lowest BCUT2D eigenvalue weighted by atomic mass is 10.1. The summed E-state index contributed by atoms with van der Waals surface area (Å²) in [5, 5.41) is 0. The van der Waals surface area contributed by atoms with Crippen LogP contribution in [0.3, 0.4) is 0 Å². The molecule has 1 aliphatic heterocycles. The molecule has 2 N–H and O–H groups in total. The second-order valence-electron chi connectivity index (χ2n) is 3.15. The minimum Gasteiger partial charge on any atom is -0.460 e. The van der Waals surface area contributed by atoms with Crippen LogP contribution in [0.1, 0.15) is 5.56 Å². The van der Waals surface area contributed by atoms with Crippen molar-refractivity contribution in [3.05, 3.63) is 41.7 Å². The number of fused-ring (bicyclic) bond motifs is 1. The van der Waals surface area contributed by atoms with E-state index in [4.69, 9.17) is 9.29 Å². The minimum atomic E-state index is -2.00. The standard InChI is InChI=1S/C10H11NO3S/c12-15(13)11-7-9-6-5-8-3-1-2-4-10(8)14-9/h1-4,6,11H,5,7H2,(H,12,13). The number of rotatable bonds is 3. The van der Waals surface area contributed by atoms with Gasteiger partial charge in [-0.05, 0) is 24.1 Å². The van der Waals surface area contributed by atoms with Crippen molar-refractivity contribution in [2.45, 2.75) is 6.42 Å². The highest BCUT2D eigenvalue weighted by molar-refractivity contribution is 7.77. The third-order valence-electron chi connectivity index (χ3n) is 2.13. The molecule has 1 aromatic rings. The van der Waals surface area contributed by atoms with Gasteiger partial charge in [-0.2, -0.15) is 0 Å². The van der Waals surface area contributed by atoms with E-state index in [1.165, 1.54) is 0 Å². The summed E-state index contributed by atoms with van der Waals surface area (Å²) in [7, 11) is 0. The van der Waals surface area contributed by atoms with Crippen LogP contribution in [0.2, 0.25) is 0 Å². The van der Waals surface area contributed by atoms with Gasteiger partial charge in [-0.1, -0.05) is 18.2 Å². The molecule has 0 aromatic heterocycles. The van der Waals surface area contributed by atoms with Gasteiger partial charge in [-0.3, -0.25) is 4.55 Å². The van der Waals surface area contributed by atoms with Gasteiger partial charge in [0.25, 0.3) is 0 Å². The van der Waals surface area contributed by atoms with Crippen LogP contribution in [-0.2, 0) is 17.7 Å². The lowest BCUT2D eigenvalue weighted by Crippen LogP contribution is -2.22. The maximum atomic E-state index is 10.4. The van der Waals surface area contributed by atoms with Crippen LogP contribution in [0.4, 0.5) is 0 Å². The largest absolute Gasteiger partial charge is 0.460 e. The van der Waals surface area contributed by atoms with Gasteiger partial charge >= 0.3 is 0 Å². The quantitative estimate of drug-likeness (QED) is 0.761. The second-order valence-corrected chi connectivity index (χ2v) is 3.94. The van der Waals surface area contributed by atoms with Gasteiger partial charge in [0, 0.05) is 0 Å². The zero-order valence-corrected chi connectivity index (χ0v) is 8.79. The molecule has 1 unspecified atom stereocenters. The summed E-state index contributed by atoms with van der Waals surface area (Å²) < 4.78 is 26.9. The summed E-state index contributed by atoms with van der Waals surface area (Å²) in [6.45, 7) is 0.261. The van der Waals surface area contributed by atoms with Crippen molar-refractivity contribution in [3.63, 3.8) is 0 Å². The number of nitrogens with one attached hydrogen (secondary N) is 1. The SMILES string of the molecule is O=S(O)NCC1=CCc2ccccc2O1. The van der Waals surface area contributed by atoms with Crippen LogP contribution in [0.25, 0.3) is 0 Å². The van der Waals surface area contributed by atoms with E-state index in [2.05, 4.69) is 4.72 Å². The van der Waals surface area contributed by atoms with Crippen molar-refractivity contribution in [2.24, 2.45) is 0 Å². The topological polar surface area (TPSA) is 58.6 Å². The van der Waals surface area contributed by atoms with Crippen LogP contribution < -0.4 is 9.46 Å². The molecule has 2 rings (SSSR count). The molecular formula is C10H11NO3S. The van der Waals surface area contributed by atoms with Gasteiger partial charge in [0.2, 0.25) is 11.3 Å². The molecule has 80 valence electrons. The molecule has 1 heterocycles. The Morgan fingerprint density at radius 1 is 1.47 bits per heavy atom. The summed E-state index contributed by atoms with van der Waals surface area (Å²) >= 11 is -2.00. The van der Waals surface area contributed by atoms with E-state index in [-0.39, 0.29) is 6.54 Å². The first kappa shape index (κ1) is 10.4. The Hall–Kier alpha value is -1.17. The molecule has 0 bridgehead atoms. The summed E-state index contributed by atoms with van der Waals surface area (Å²) in [6.07, 6.45) is 2.70. The predicted octanol–water partition coefficient (Wildman–Crippen LogP) is 1.23. The first-order valence-electron chi connectivity index (χ1n) is 4.55. The number of hydrogen-bond donors (Lipinski definition) is 2. The summed E-state index contributed by atoms with van der Waals surface area (Å²) in [6, 6.07) is 7.75.